The minimum Gasteiger partial charge on any atom is -0.358 e. The third-order valence-corrected chi connectivity index (χ3v) is 3.47. The molecule has 2 rings (SSSR count). The Bertz CT molecular complexity index is 490. The molecule has 0 aliphatic carbocycles. The number of nitrogens with zero attached hydrogens (tertiary/aromatic N) is 1. The fourth-order valence-corrected chi connectivity index (χ4v) is 2.37. The largest absolute Gasteiger partial charge is 0.358 e. The Balaban J connectivity index is 2.20. The molecule has 1 aromatic carbocycles. The molecule has 1 heterocycles. The number of para-hydroxylation sites is 1. The molecule has 0 saturated heterocycles. The van der Waals surface area contributed by atoms with Crippen molar-refractivity contribution < 1.29 is 0 Å². The summed E-state index contributed by atoms with van der Waals surface area (Å²) in [6.07, 6.45) is 1.14. The van der Waals surface area contributed by atoms with E-state index in [0.717, 1.165) is 25.3 Å². The second kappa shape index (κ2) is 5.61. The van der Waals surface area contributed by atoms with Crippen molar-refractivity contribution in [3.05, 3.63) is 35.5 Å². The van der Waals surface area contributed by atoms with Gasteiger partial charge in [0.1, 0.15) is 0 Å². The molecule has 3 heteroatoms. The van der Waals surface area contributed by atoms with Gasteiger partial charge in [-0.3, -0.25) is 0 Å². The second-order valence-corrected chi connectivity index (χ2v) is 5.04. The molecule has 0 fully saturated rings. The maximum Gasteiger partial charge on any atom is 0.0459 e. The summed E-state index contributed by atoms with van der Waals surface area (Å²) in [5.74, 6) is 0.956. The molecule has 0 aliphatic heterocycles. The van der Waals surface area contributed by atoms with Gasteiger partial charge in [0.05, 0.1) is 0 Å². The number of thiol groups is 1. The number of aromatic amines is 1. The monoisotopic (exact) mass is 248 g/mol. The van der Waals surface area contributed by atoms with Crippen LogP contribution in [0.25, 0.3) is 10.9 Å². The molecule has 0 bridgehead atoms. The number of rotatable bonds is 5. The fraction of sp³-hybridized carbons (Fsp3) is 0.429. The van der Waals surface area contributed by atoms with Crippen LogP contribution in [0.2, 0.25) is 0 Å². The van der Waals surface area contributed by atoms with E-state index in [1.165, 1.54) is 22.2 Å². The molecule has 0 amide bonds. The van der Waals surface area contributed by atoms with Crippen molar-refractivity contribution in [1.82, 2.24) is 9.88 Å². The summed E-state index contributed by atoms with van der Waals surface area (Å²) in [6, 6.07) is 8.51. The van der Waals surface area contributed by atoms with Crippen molar-refractivity contribution >= 4 is 23.5 Å². The zero-order chi connectivity index (χ0) is 12.3. The highest BCUT2D eigenvalue weighted by Crippen LogP contribution is 2.22. The number of fused-ring (bicyclic) bond motifs is 1. The SMILES string of the molecule is Cc1[nH]c2ccccc2c1CN(C)CCCS. The van der Waals surface area contributed by atoms with Crippen LogP contribution in [0.3, 0.4) is 0 Å². The van der Waals surface area contributed by atoms with Crippen molar-refractivity contribution in [3.8, 4) is 0 Å². The first kappa shape index (κ1) is 12.5. The van der Waals surface area contributed by atoms with Crippen molar-refractivity contribution in [3.63, 3.8) is 0 Å². The first-order chi connectivity index (χ1) is 8.22. The minimum atomic E-state index is 0.956. The first-order valence-electron chi connectivity index (χ1n) is 6.08. The molecule has 92 valence electrons. The Morgan fingerprint density at radius 1 is 1.29 bits per heavy atom. The summed E-state index contributed by atoms with van der Waals surface area (Å²) in [7, 11) is 2.17. The number of aromatic nitrogens is 1. The standard InChI is InChI=1S/C14H20N2S/c1-11-13(10-16(2)8-5-9-17)12-6-3-4-7-14(12)15-11/h3-4,6-7,15,17H,5,8-10H2,1-2H3. The van der Waals surface area contributed by atoms with E-state index >= 15 is 0 Å². The molecular weight excluding hydrogens is 228 g/mol. The Hall–Kier alpha value is -0.930. The molecule has 0 radical (unpaired) electrons. The molecule has 0 aliphatic rings. The van der Waals surface area contributed by atoms with Crippen LogP contribution < -0.4 is 0 Å². The Labute approximate surface area is 108 Å². The lowest BCUT2D eigenvalue weighted by Gasteiger charge is -2.16. The second-order valence-electron chi connectivity index (χ2n) is 4.59. The lowest BCUT2D eigenvalue weighted by Crippen LogP contribution is -2.19. The molecule has 0 spiro atoms. The van der Waals surface area contributed by atoms with Gasteiger partial charge in [-0.1, -0.05) is 18.2 Å². The zero-order valence-electron chi connectivity index (χ0n) is 10.5. The van der Waals surface area contributed by atoms with Gasteiger partial charge in [0, 0.05) is 23.1 Å². The summed E-state index contributed by atoms with van der Waals surface area (Å²) in [4.78, 5) is 5.81. The van der Waals surface area contributed by atoms with Crippen molar-refractivity contribution in [2.45, 2.75) is 19.9 Å². The highest BCUT2D eigenvalue weighted by atomic mass is 32.1. The summed E-state index contributed by atoms with van der Waals surface area (Å²) in [5.41, 5.74) is 3.94. The minimum absolute atomic E-state index is 0.956. The van der Waals surface area contributed by atoms with Crippen molar-refractivity contribution in [1.29, 1.82) is 0 Å². The van der Waals surface area contributed by atoms with E-state index < -0.39 is 0 Å². The van der Waals surface area contributed by atoms with E-state index in [0.29, 0.717) is 0 Å². The van der Waals surface area contributed by atoms with Gasteiger partial charge in [0.15, 0.2) is 0 Å². The predicted octanol–water partition coefficient (Wildman–Crippen LogP) is 3.23. The zero-order valence-corrected chi connectivity index (χ0v) is 11.4. The third kappa shape index (κ3) is 2.85. The summed E-state index contributed by atoms with van der Waals surface area (Å²) >= 11 is 4.26. The fourth-order valence-electron chi connectivity index (χ4n) is 2.23. The maximum atomic E-state index is 4.26. The smallest absolute Gasteiger partial charge is 0.0459 e. The van der Waals surface area contributed by atoms with Gasteiger partial charge in [0.25, 0.3) is 0 Å². The molecular formula is C14H20N2S. The van der Waals surface area contributed by atoms with Crippen LogP contribution in [0.15, 0.2) is 24.3 Å². The van der Waals surface area contributed by atoms with Gasteiger partial charge >= 0.3 is 0 Å². The predicted molar refractivity (Wildman–Crippen MR) is 77.8 cm³/mol. The van der Waals surface area contributed by atoms with Gasteiger partial charge in [0.2, 0.25) is 0 Å². The number of benzene rings is 1. The molecule has 0 unspecified atom stereocenters. The molecule has 0 saturated carbocycles. The molecule has 2 aromatic rings. The Morgan fingerprint density at radius 3 is 2.82 bits per heavy atom. The number of hydrogen-bond acceptors (Lipinski definition) is 2. The lowest BCUT2D eigenvalue weighted by molar-refractivity contribution is 0.329. The van der Waals surface area contributed by atoms with E-state index in [-0.39, 0.29) is 0 Å². The van der Waals surface area contributed by atoms with Crippen LogP contribution in [0.1, 0.15) is 17.7 Å². The van der Waals surface area contributed by atoms with Crippen molar-refractivity contribution in [2.24, 2.45) is 0 Å². The average Bonchev–Trinajstić information content (AvgIpc) is 2.64. The number of H-pyrrole nitrogens is 1. The third-order valence-electron chi connectivity index (χ3n) is 3.15. The van der Waals surface area contributed by atoms with E-state index in [2.05, 4.69) is 60.7 Å². The summed E-state index contributed by atoms with van der Waals surface area (Å²) in [5, 5.41) is 1.35. The molecule has 17 heavy (non-hydrogen) atoms. The maximum absolute atomic E-state index is 4.26. The van der Waals surface area contributed by atoms with Crippen LogP contribution in [0.5, 0.6) is 0 Å². The highest BCUT2D eigenvalue weighted by Gasteiger charge is 2.09. The van der Waals surface area contributed by atoms with Gasteiger partial charge in [-0.25, -0.2) is 0 Å². The average molecular weight is 248 g/mol. The number of nitrogens with one attached hydrogen (secondary N) is 1. The number of hydrogen-bond donors (Lipinski definition) is 2. The summed E-state index contributed by atoms with van der Waals surface area (Å²) < 4.78 is 0. The molecule has 0 atom stereocenters. The van der Waals surface area contributed by atoms with Crippen LogP contribution in [0.4, 0.5) is 0 Å². The molecule has 1 aromatic heterocycles. The van der Waals surface area contributed by atoms with Gasteiger partial charge < -0.3 is 9.88 Å². The van der Waals surface area contributed by atoms with Crippen LogP contribution >= 0.6 is 12.6 Å². The quantitative estimate of drug-likeness (QED) is 0.778. The normalized spacial score (nSPS) is 11.5. The number of aryl methyl sites for hydroxylation is 1. The van der Waals surface area contributed by atoms with E-state index in [9.17, 15) is 0 Å². The first-order valence-corrected chi connectivity index (χ1v) is 6.71. The van der Waals surface area contributed by atoms with Crippen molar-refractivity contribution in [2.75, 3.05) is 19.3 Å². The Morgan fingerprint density at radius 2 is 2.06 bits per heavy atom. The van der Waals surface area contributed by atoms with E-state index in [1.54, 1.807) is 0 Å². The molecule has 1 N–H and O–H groups in total. The van der Waals surface area contributed by atoms with E-state index in [4.69, 9.17) is 0 Å². The Kier molecular flexibility index (Phi) is 4.13. The molecule has 2 nitrogen and oxygen atoms in total. The highest BCUT2D eigenvalue weighted by molar-refractivity contribution is 7.80. The van der Waals surface area contributed by atoms with Crippen LogP contribution in [0, 0.1) is 6.92 Å². The topological polar surface area (TPSA) is 19.0 Å². The lowest BCUT2D eigenvalue weighted by atomic mass is 10.1. The van der Waals surface area contributed by atoms with Gasteiger partial charge in [-0.2, -0.15) is 12.6 Å². The van der Waals surface area contributed by atoms with Crippen LogP contribution in [-0.2, 0) is 6.54 Å². The summed E-state index contributed by atoms with van der Waals surface area (Å²) in [6.45, 7) is 4.26. The van der Waals surface area contributed by atoms with E-state index in [1.807, 2.05) is 0 Å². The van der Waals surface area contributed by atoms with Gasteiger partial charge in [-0.05, 0) is 44.3 Å². The van der Waals surface area contributed by atoms with Gasteiger partial charge in [-0.15, -0.1) is 0 Å². The van der Waals surface area contributed by atoms with Crippen LogP contribution in [-0.4, -0.2) is 29.2 Å².